The van der Waals surface area contributed by atoms with Crippen LogP contribution >= 0.6 is 8.25 Å². The van der Waals surface area contributed by atoms with Gasteiger partial charge in [0.15, 0.2) is 0 Å². The molecule has 6 heteroatoms. The van der Waals surface area contributed by atoms with E-state index < -0.39 is 26.6 Å². The van der Waals surface area contributed by atoms with Gasteiger partial charge >= 0.3 is 8.25 Å². The first kappa shape index (κ1) is 11.1. The van der Waals surface area contributed by atoms with E-state index in [9.17, 15) is 8.96 Å². The summed E-state index contributed by atoms with van der Waals surface area (Å²) in [6.07, 6.45) is -1.88. The zero-order valence-corrected chi connectivity index (χ0v) is 8.57. The molecule has 0 aromatic heterocycles. The molecular formula is C7H14FO4P. The Morgan fingerprint density at radius 2 is 2.23 bits per heavy atom. The number of hydrogen-bond acceptors (Lipinski definition) is 3. The molecule has 78 valence electrons. The van der Waals surface area contributed by atoms with Crippen molar-refractivity contribution in [1.82, 2.24) is 0 Å². The topological polar surface area (TPSA) is 55.8 Å². The van der Waals surface area contributed by atoms with Crippen molar-refractivity contribution in [2.45, 2.75) is 32.2 Å². The van der Waals surface area contributed by atoms with Gasteiger partial charge in [-0.3, -0.25) is 4.57 Å². The summed E-state index contributed by atoms with van der Waals surface area (Å²) in [5, 5.41) is 0. The molecule has 0 amide bonds. The molecule has 0 radical (unpaired) electrons. The van der Waals surface area contributed by atoms with Crippen molar-refractivity contribution in [1.29, 1.82) is 0 Å². The number of alkyl halides is 1. The van der Waals surface area contributed by atoms with E-state index in [0.29, 0.717) is 0 Å². The van der Waals surface area contributed by atoms with E-state index in [-0.39, 0.29) is 12.5 Å². The van der Waals surface area contributed by atoms with Crippen LogP contribution in [-0.4, -0.2) is 29.9 Å². The van der Waals surface area contributed by atoms with Gasteiger partial charge in [-0.15, -0.1) is 0 Å². The summed E-state index contributed by atoms with van der Waals surface area (Å²) in [7, 11) is -2.93. The summed E-state index contributed by atoms with van der Waals surface area (Å²) < 4.78 is 33.1. The third-order valence-corrected chi connectivity index (χ3v) is 2.71. The van der Waals surface area contributed by atoms with Crippen LogP contribution in [0, 0.1) is 5.92 Å². The number of ether oxygens (including phenoxy) is 1. The molecule has 1 saturated heterocycles. The molecule has 1 unspecified atom stereocenters. The van der Waals surface area contributed by atoms with E-state index in [1.54, 1.807) is 13.8 Å². The van der Waals surface area contributed by atoms with Gasteiger partial charge in [-0.25, -0.2) is 4.39 Å². The lowest BCUT2D eigenvalue weighted by molar-refractivity contribution is 0.0101. The largest absolute Gasteiger partial charge is 0.369 e. The van der Waals surface area contributed by atoms with Crippen LogP contribution in [-0.2, 0) is 13.8 Å². The molecule has 0 saturated carbocycles. The maximum absolute atomic E-state index is 13.2. The van der Waals surface area contributed by atoms with Crippen LogP contribution in [0.1, 0.15) is 13.8 Å². The Labute approximate surface area is 77.0 Å². The summed E-state index contributed by atoms with van der Waals surface area (Å²) in [5.41, 5.74) is 0. The molecule has 1 fully saturated rings. The minimum atomic E-state index is -2.93. The minimum absolute atomic E-state index is 0.0137. The molecule has 1 rings (SSSR count). The SMILES string of the molecule is C[C@@H]1[C@H](F)[C@H](C)O[C@@H]1CO[PH](=O)O. The molecule has 1 heterocycles. The van der Waals surface area contributed by atoms with E-state index in [0.717, 1.165) is 0 Å². The summed E-state index contributed by atoms with van der Waals surface area (Å²) in [6.45, 7) is 3.33. The maximum Gasteiger partial charge on any atom is 0.316 e. The molecule has 1 N–H and O–H groups in total. The molecule has 0 aliphatic carbocycles. The first-order valence-electron chi connectivity index (χ1n) is 4.17. The van der Waals surface area contributed by atoms with Gasteiger partial charge in [-0.05, 0) is 6.92 Å². The Balaban J connectivity index is 2.40. The van der Waals surface area contributed by atoms with Gasteiger partial charge in [-0.1, -0.05) is 6.92 Å². The van der Waals surface area contributed by atoms with Crippen LogP contribution in [0.25, 0.3) is 0 Å². The van der Waals surface area contributed by atoms with Crippen molar-refractivity contribution in [3.63, 3.8) is 0 Å². The van der Waals surface area contributed by atoms with E-state index in [2.05, 4.69) is 4.52 Å². The van der Waals surface area contributed by atoms with Crippen LogP contribution in [0.15, 0.2) is 0 Å². The van der Waals surface area contributed by atoms with Crippen molar-refractivity contribution < 1.29 is 23.1 Å². The smallest absolute Gasteiger partial charge is 0.316 e. The van der Waals surface area contributed by atoms with Crippen molar-refractivity contribution in [2.75, 3.05) is 6.61 Å². The van der Waals surface area contributed by atoms with Crippen LogP contribution < -0.4 is 0 Å². The van der Waals surface area contributed by atoms with Gasteiger partial charge in [-0.2, -0.15) is 0 Å². The molecule has 0 aromatic carbocycles. The zero-order valence-electron chi connectivity index (χ0n) is 7.57. The third-order valence-electron chi connectivity index (χ3n) is 2.30. The Morgan fingerprint density at radius 1 is 1.62 bits per heavy atom. The molecule has 13 heavy (non-hydrogen) atoms. The molecule has 0 bridgehead atoms. The minimum Gasteiger partial charge on any atom is -0.369 e. The first-order chi connectivity index (χ1) is 6.02. The molecule has 4 nitrogen and oxygen atoms in total. The molecule has 1 aliphatic heterocycles. The average molecular weight is 212 g/mol. The Bertz CT molecular complexity index is 201. The van der Waals surface area contributed by atoms with Crippen LogP contribution in [0.4, 0.5) is 4.39 Å². The molecule has 1 aliphatic rings. The summed E-state index contributed by atoms with van der Waals surface area (Å²) >= 11 is 0. The van der Waals surface area contributed by atoms with Crippen LogP contribution in [0.5, 0.6) is 0 Å². The number of hydrogen-bond donors (Lipinski definition) is 1. The average Bonchev–Trinajstić information content (AvgIpc) is 2.29. The fourth-order valence-corrected chi connectivity index (χ4v) is 1.76. The van der Waals surface area contributed by atoms with E-state index in [4.69, 9.17) is 9.63 Å². The quantitative estimate of drug-likeness (QED) is 0.713. The van der Waals surface area contributed by atoms with E-state index in [1.165, 1.54) is 0 Å². The van der Waals surface area contributed by atoms with Crippen molar-refractivity contribution in [3.8, 4) is 0 Å². The highest BCUT2D eigenvalue weighted by atomic mass is 31.1. The van der Waals surface area contributed by atoms with Crippen LogP contribution in [0.2, 0.25) is 0 Å². The highest BCUT2D eigenvalue weighted by molar-refractivity contribution is 7.32. The Kier molecular flexibility index (Phi) is 3.86. The summed E-state index contributed by atoms with van der Waals surface area (Å²) in [6, 6.07) is 0. The van der Waals surface area contributed by atoms with Gasteiger partial charge in [0.05, 0.1) is 18.8 Å². The fraction of sp³-hybridized carbons (Fsp3) is 1.00. The number of rotatable bonds is 3. The predicted molar refractivity (Wildman–Crippen MR) is 45.6 cm³/mol. The van der Waals surface area contributed by atoms with Gasteiger partial charge in [0.1, 0.15) is 6.17 Å². The Morgan fingerprint density at radius 3 is 2.62 bits per heavy atom. The second kappa shape index (κ2) is 4.51. The second-order valence-electron chi connectivity index (χ2n) is 3.26. The predicted octanol–water partition coefficient (Wildman–Crippen LogP) is 1.15. The van der Waals surface area contributed by atoms with Crippen molar-refractivity contribution in [3.05, 3.63) is 0 Å². The highest BCUT2D eigenvalue weighted by Gasteiger charge is 2.39. The third kappa shape index (κ3) is 2.74. The van der Waals surface area contributed by atoms with Crippen molar-refractivity contribution in [2.24, 2.45) is 5.92 Å². The van der Waals surface area contributed by atoms with Crippen LogP contribution in [0.3, 0.4) is 0 Å². The van der Waals surface area contributed by atoms with Crippen molar-refractivity contribution >= 4 is 8.25 Å². The summed E-state index contributed by atoms with van der Waals surface area (Å²) in [4.78, 5) is 8.41. The number of halogens is 1. The lowest BCUT2D eigenvalue weighted by atomic mass is 10.0. The van der Waals surface area contributed by atoms with Gasteiger partial charge in [0.25, 0.3) is 0 Å². The van der Waals surface area contributed by atoms with E-state index in [1.807, 2.05) is 0 Å². The molecule has 0 aromatic rings. The summed E-state index contributed by atoms with van der Waals surface area (Å²) in [5.74, 6) is -0.281. The lowest BCUT2D eigenvalue weighted by Gasteiger charge is -2.13. The Hall–Kier alpha value is 0.0400. The van der Waals surface area contributed by atoms with E-state index >= 15 is 0 Å². The first-order valence-corrected chi connectivity index (χ1v) is 5.44. The lowest BCUT2D eigenvalue weighted by Crippen LogP contribution is -2.22. The second-order valence-corrected chi connectivity index (χ2v) is 4.08. The monoisotopic (exact) mass is 212 g/mol. The normalized spacial score (nSPS) is 42.2. The highest BCUT2D eigenvalue weighted by Crippen LogP contribution is 2.30. The van der Waals surface area contributed by atoms with Gasteiger partial charge in [0, 0.05) is 5.92 Å². The standard InChI is InChI=1S/C7H14FO4P/c1-4-6(3-11-13(9)10)12-5(2)7(4)8/h4-7,13H,3H2,1-2H3,(H,9,10)/t4-,5-,6+,7-/m0/s1. The molecule has 5 atom stereocenters. The van der Waals surface area contributed by atoms with Gasteiger partial charge < -0.3 is 14.2 Å². The zero-order chi connectivity index (χ0) is 10.0. The fourth-order valence-electron chi connectivity index (χ4n) is 1.45. The molecular weight excluding hydrogens is 198 g/mol. The molecule has 0 spiro atoms. The van der Waals surface area contributed by atoms with Gasteiger partial charge in [0.2, 0.25) is 0 Å². The maximum atomic E-state index is 13.2.